The summed E-state index contributed by atoms with van der Waals surface area (Å²) in [6.07, 6.45) is 1.64. The van der Waals surface area contributed by atoms with Gasteiger partial charge in [-0.1, -0.05) is 18.2 Å². The Morgan fingerprint density at radius 1 is 1.00 bits per heavy atom. The molecular weight excluding hydrogens is 426 g/mol. The van der Waals surface area contributed by atoms with E-state index in [9.17, 15) is 0 Å². The highest BCUT2D eigenvalue weighted by Gasteiger charge is 2.15. The maximum atomic E-state index is 5.39. The molecule has 1 aliphatic rings. The molecular formula is C18H16BrN7O2. The lowest BCUT2D eigenvalue weighted by molar-refractivity contribution is 0.174. The van der Waals surface area contributed by atoms with Crippen LogP contribution in [0.2, 0.25) is 0 Å². The number of benzene rings is 2. The molecule has 0 saturated carbocycles. The minimum Gasteiger partial charge on any atom is -0.454 e. The van der Waals surface area contributed by atoms with Gasteiger partial charge in [0.05, 0.1) is 6.21 Å². The fraction of sp³-hybridized carbons (Fsp3) is 0.111. The van der Waals surface area contributed by atoms with Gasteiger partial charge in [0.2, 0.25) is 24.6 Å². The molecule has 2 heterocycles. The van der Waals surface area contributed by atoms with E-state index in [4.69, 9.17) is 9.47 Å². The number of nitrogens with one attached hydrogen (secondary N) is 3. The van der Waals surface area contributed by atoms with Crippen molar-refractivity contribution in [2.24, 2.45) is 5.10 Å². The molecule has 2 aromatic carbocycles. The van der Waals surface area contributed by atoms with E-state index < -0.39 is 0 Å². The maximum absolute atomic E-state index is 5.39. The molecule has 0 aliphatic carbocycles. The van der Waals surface area contributed by atoms with Crippen molar-refractivity contribution in [3.05, 3.63) is 52.5 Å². The van der Waals surface area contributed by atoms with Gasteiger partial charge in [-0.05, 0) is 40.2 Å². The van der Waals surface area contributed by atoms with E-state index in [0.717, 1.165) is 15.7 Å². The third-order valence-corrected chi connectivity index (χ3v) is 4.44. The largest absolute Gasteiger partial charge is 0.454 e. The lowest BCUT2D eigenvalue weighted by Gasteiger charge is -2.08. The van der Waals surface area contributed by atoms with Crippen molar-refractivity contribution >= 4 is 45.7 Å². The second kappa shape index (κ2) is 8.09. The number of anilines is 4. The van der Waals surface area contributed by atoms with E-state index in [1.165, 1.54) is 0 Å². The molecule has 0 amide bonds. The quantitative estimate of drug-likeness (QED) is 0.393. The van der Waals surface area contributed by atoms with Crippen LogP contribution in [0.3, 0.4) is 0 Å². The summed E-state index contributed by atoms with van der Waals surface area (Å²) in [4.78, 5) is 12.9. The summed E-state index contributed by atoms with van der Waals surface area (Å²) < 4.78 is 11.6. The second-order valence-electron chi connectivity index (χ2n) is 5.64. The summed E-state index contributed by atoms with van der Waals surface area (Å²) in [7, 11) is 1.73. The SMILES string of the molecule is CNc1nc(NN=Cc2cc3c(cc2Br)OCO3)nc(Nc2ccccc2)n1. The number of para-hydroxylation sites is 1. The molecule has 4 rings (SSSR count). The predicted octanol–water partition coefficient (Wildman–Crippen LogP) is 3.59. The van der Waals surface area contributed by atoms with Gasteiger partial charge in [-0.2, -0.15) is 20.1 Å². The highest BCUT2D eigenvalue weighted by Crippen LogP contribution is 2.36. The van der Waals surface area contributed by atoms with E-state index in [2.05, 4.69) is 52.0 Å². The first-order chi connectivity index (χ1) is 13.7. The number of rotatable bonds is 6. The van der Waals surface area contributed by atoms with Crippen LogP contribution in [0.15, 0.2) is 52.0 Å². The monoisotopic (exact) mass is 441 g/mol. The Hall–Kier alpha value is -3.40. The number of hydrogen-bond acceptors (Lipinski definition) is 9. The lowest BCUT2D eigenvalue weighted by Crippen LogP contribution is -2.07. The summed E-state index contributed by atoms with van der Waals surface area (Å²) in [5.41, 5.74) is 4.51. The predicted molar refractivity (Wildman–Crippen MR) is 111 cm³/mol. The molecule has 28 heavy (non-hydrogen) atoms. The number of halogens is 1. The first kappa shape index (κ1) is 18.0. The van der Waals surface area contributed by atoms with E-state index in [1.807, 2.05) is 42.5 Å². The average Bonchev–Trinajstić information content (AvgIpc) is 3.16. The van der Waals surface area contributed by atoms with Crippen LogP contribution in [-0.4, -0.2) is 35.0 Å². The normalized spacial score (nSPS) is 12.2. The van der Waals surface area contributed by atoms with Crippen LogP contribution in [0.5, 0.6) is 11.5 Å². The first-order valence-corrected chi connectivity index (χ1v) is 9.15. The maximum Gasteiger partial charge on any atom is 0.250 e. The number of ether oxygens (including phenoxy) is 2. The zero-order valence-corrected chi connectivity index (χ0v) is 16.4. The van der Waals surface area contributed by atoms with Crippen LogP contribution in [0, 0.1) is 0 Å². The van der Waals surface area contributed by atoms with Gasteiger partial charge in [-0.15, -0.1) is 0 Å². The molecule has 0 fully saturated rings. The molecule has 142 valence electrons. The number of fused-ring (bicyclic) bond motifs is 1. The number of hydrogen-bond donors (Lipinski definition) is 3. The highest BCUT2D eigenvalue weighted by atomic mass is 79.9. The van der Waals surface area contributed by atoms with E-state index in [1.54, 1.807) is 13.3 Å². The fourth-order valence-electron chi connectivity index (χ4n) is 2.44. The summed E-state index contributed by atoms with van der Waals surface area (Å²) >= 11 is 3.49. The van der Waals surface area contributed by atoms with Crippen molar-refractivity contribution in [2.45, 2.75) is 0 Å². The van der Waals surface area contributed by atoms with Gasteiger partial charge in [0.15, 0.2) is 11.5 Å². The molecule has 0 unspecified atom stereocenters. The molecule has 3 N–H and O–H groups in total. The van der Waals surface area contributed by atoms with Crippen LogP contribution < -0.4 is 25.5 Å². The number of hydrazone groups is 1. The van der Waals surface area contributed by atoms with Crippen molar-refractivity contribution in [1.29, 1.82) is 0 Å². The van der Waals surface area contributed by atoms with Crippen molar-refractivity contribution in [3.8, 4) is 11.5 Å². The van der Waals surface area contributed by atoms with Crippen LogP contribution in [-0.2, 0) is 0 Å². The van der Waals surface area contributed by atoms with Crippen molar-refractivity contribution < 1.29 is 9.47 Å². The van der Waals surface area contributed by atoms with E-state index in [-0.39, 0.29) is 6.79 Å². The molecule has 0 spiro atoms. The average molecular weight is 442 g/mol. The third-order valence-electron chi connectivity index (χ3n) is 3.75. The van der Waals surface area contributed by atoms with E-state index in [0.29, 0.717) is 29.3 Å². The summed E-state index contributed by atoms with van der Waals surface area (Å²) in [6, 6.07) is 13.3. The van der Waals surface area contributed by atoms with Crippen molar-refractivity contribution in [3.63, 3.8) is 0 Å². The topological polar surface area (TPSA) is 106 Å². The van der Waals surface area contributed by atoms with Gasteiger partial charge in [0.1, 0.15) is 0 Å². The van der Waals surface area contributed by atoms with Crippen LogP contribution >= 0.6 is 15.9 Å². The zero-order chi connectivity index (χ0) is 19.3. The van der Waals surface area contributed by atoms with Crippen LogP contribution in [0.25, 0.3) is 0 Å². The molecule has 10 heteroatoms. The third kappa shape index (κ3) is 4.12. The molecule has 0 saturated heterocycles. The van der Waals surface area contributed by atoms with Gasteiger partial charge < -0.3 is 20.1 Å². The molecule has 1 aromatic heterocycles. The summed E-state index contributed by atoms with van der Waals surface area (Å²) in [6.45, 7) is 0.218. The molecule has 1 aliphatic heterocycles. The van der Waals surface area contributed by atoms with Crippen LogP contribution in [0.1, 0.15) is 5.56 Å². The summed E-state index contributed by atoms with van der Waals surface area (Å²) in [5, 5.41) is 10.3. The Labute approximate surface area is 169 Å². The van der Waals surface area contributed by atoms with Gasteiger partial charge in [-0.3, -0.25) is 0 Å². The lowest BCUT2D eigenvalue weighted by atomic mass is 10.2. The van der Waals surface area contributed by atoms with Gasteiger partial charge in [-0.25, -0.2) is 5.43 Å². The molecule has 9 nitrogen and oxygen atoms in total. The number of aromatic nitrogens is 3. The smallest absolute Gasteiger partial charge is 0.250 e. The highest BCUT2D eigenvalue weighted by molar-refractivity contribution is 9.10. The zero-order valence-electron chi connectivity index (χ0n) is 14.8. The summed E-state index contributed by atoms with van der Waals surface area (Å²) in [5.74, 6) is 2.48. The van der Waals surface area contributed by atoms with Gasteiger partial charge >= 0.3 is 0 Å². The molecule has 0 bridgehead atoms. The van der Waals surface area contributed by atoms with E-state index >= 15 is 0 Å². The Morgan fingerprint density at radius 2 is 1.71 bits per heavy atom. The second-order valence-corrected chi connectivity index (χ2v) is 6.50. The minimum atomic E-state index is 0.218. The van der Waals surface area contributed by atoms with Crippen molar-refractivity contribution in [1.82, 2.24) is 15.0 Å². The first-order valence-electron chi connectivity index (χ1n) is 8.35. The van der Waals surface area contributed by atoms with Crippen molar-refractivity contribution in [2.75, 3.05) is 29.9 Å². The molecule has 0 atom stereocenters. The molecule has 3 aromatic rings. The Bertz CT molecular complexity index is 1010. The van der Waals surface area contributed by atoms with Crippen LogP contribution in [0.4, 0.5) is 23.5 Å². The Kier molecular flexibility index (Phi) is 5.20. The number of nitrogens with zero attached hydrogens (tertiary/aromatic N) is 4. The minimum absolute atomic E-state index is 0.218. The Morgan fingerprint density at radius 3 is 2.50 bits per heavy atom. The molecule has 0 radical (unpaired) electrons. The van der Waals surface area contributed by atoms with Gasteiger partial charge in [0, 0.05) is 22.8 Å². The fourth-order valence-corrected chi connectivity index (χ4v) is 2.86. The Balaban J connectivity index is 1.51. The van der Waals surface area contributed by atoms with Gasteiger partial charge in [0.25, 0.3) is 0 Å². The standard InChI is InChI=1S/C18H16BrN7O2/c1-20-16-23-17(22-12-5-3-2-4-6-12)25-18(24-16)26-21-9-11-7-14-15(8-13(11)19)28-10-27-14/h2-9H,10H2,1H3,(H3,20,22,23,24,25,26).